The van der Waals surface area contributed by atoms with Gasteiger partial charge in [-0.3, -0.25) is 9.78 Å². The standard InChI is InChI=1S/C22H19N3O3/c1-14-10-19(24-13-14)20-12-18(6-8-23-20)28-17-5-3-4-16(11-17)25-22(26)21-15(2)7-9-27-21/h3-13,24H,1-2H3,(H,25,26). The molecule has 28 heavy (non-hydrogen) atoms. The van der Waals surface area contributed by atoms with Crippen LogP contribution < -0.4 is 10.1 Å². The molecule has 0 aliphatic carbocycles. The zero-order chi connectivity index (χ0) is 19.5. The van der Waals surface area contributed by atoms with E-state index in [9.17, 15) is 4.79 Å². The molecular weight excluding hydrogens is 354 g/mol. The number of hydrogen-bond donors (Lipinski definition) is 2. The number of amides is 1. The lowest BCUT2D eigenvalue weighted by Crippen LogP contribution is -2.12. The second-order valence-electron chi connectivity index (χ2n) is 6.48. The van der Waals surface area contributed by atoms with Crippen molar-refractivity contribution >= 4 is 11.6 Å². The summed E-state index contributed by atoms with van der Waals surface area (Å²) >= 11 is 0. The van der Waals surface area contributed by atoms with Gasteiger partial charge in [-0.05, 0) is 49.7 Å². The number of aryl methyl sites for hydroxylation is 2. The Hall–Kier alpha value is -3.80. The van der Waals surface area contributed by atoms with Gasteiger partial charge < -0.3 is 19.5 Å². The average molecular weight is 373 g/mol. The number of H-pyrrole nitrogens is 1. The summed E-state index contributed by atoms with van der Waals surface area (Å²) in [7, 11) is 0. The molecule has 0 aliphatic heterocycles. The molecular formula is C22H19N3O3. The number of carbonyl (C=O) groups excluding carboxylic acids is 1. The van der Waals surface area contributed by atoms with Crippen molar-refractivity contribution in [3.63, 3.8) is 0 Å². The molecule has 3 aromatic heterocycles. The van der Waals surface area contributed by atoms with Crippen molar-refractivity contribution in [1.82, 2.24) is 9.97 Å². The number of anilines is 1. The van der Waals surface area contributed by atoms with Crippen LogP contribution in [-0.4, -0.2) is 15.9 Å². The van der Waals surface area contributed by atoms with E-state index in [1.165, 1.54) is 6.26 Å². The summed E-state index contributed by atoms with van der Waals surface area (Å²) in [5.74, 6) is 1.26. The lowest BCUT2D eigenvalue weighted by Gasteiger charge is -2.09. The van der Waals surface area contributed by atoms with Gasteiger partial charge in [0.2, 0.25) is 0 Å². The molecule has 0 unspecified atom stereocenters. The molecule has 4 aromatic rings. The Morgan fingerprint density at radius 2 is 1.96 bits per heavy atom. The van der Waals surface area contributed by atoms with Crippen molar-refractivity contribution in [2.45, 2.75) is 13.8 Å². The van der Waals surface area contributed by atoms with Gasteiger partial charge in [-0.25, -0.2) is 0 Å². The summed E-state index contributed by atoms with van der Waals surface area (Å²) in [4.78, 5) is 19.9. The van der Waals surface area contributed by atoms with E-state index in [4.69, 9.17) is 9.15 Å². The summed E-state index contributed by atoms with van der Waals surface area (Å²) in [6.07, 6.45) is 5.13. The molecule has 0 fully saturated rings. The van der Waals surface area contributed by atoms with E-state index in [0.717, 1.165) is 22.5 Å². The second kappa shape index (κ2) is 7.44. The van der Waals surface area contributed by atoms with Crippen LogP contribution in [0.25, 0.3) is 11.4 Å². The van der Waals surface area contributed by atoms with Gasteiger partial charge in [0.15, 0.2) is 5.76 Å². The van der Waals surface area contributed by atoms with Crippen LogP contribution in [0.15, 0.2) is 71.6 Å². The number of hydrogen-bond acceptors (Lipinski definition) is 4. The molecule has 0 atom stereocenters. The Morgan fingerprint density at radius 3 is 2.71 bits per heavy atom. The van der Waals surface area contributed by atoms with E-state index in [1.54, 1.807) is 30.5 Å². The van der Waals surface area contributed by atoms with Gasteiger partial charge in [0, 0.05) is 35.8 Å². The Bertz CT molecular complexity index is 1130. The number of nitrogens with zero attached hydrogens (tertiary/aromatic N) is 1. The third-order valence-electron chi connectivity index (χ3n) is 4.23. The largest absolute Gasteiger partial charge is 0.459 e. The third-order valence-corrected chi connectivity index (χ3v) is 4.23. The highest BCUT2D eigenvalue weighted by Gasteiger charge is 2.13. The van der Waals surface area contributed by atoms with Gasteiger partial charge in [0.1, 0.15) is 11.5 Å². The van der Waals surface area contributed by atoms with Gasteiger partial charge in [-0.2, -0.15) is 0 Å². The second-order valence-corrected chi connectivity index (χ2v) is 6.48. The van der Waals surface area contributed by atoms with Crippen molar-refractivity contribution < 1.29 is 13.9 Å². The number of furan rings is 1. The van der Waals surface area contributed by atoms with Gasteiger partial charge in [-0.1, -0.05) is 6.07 Å². The van der Waals surface area contributed by atoms with Crippen molar-refractivity contribution in [2.24, 2.45) is 0 Å². The van der Waals surface area contributed by atoms with Crippen molar-refractivity contribution in [2.75, 3.05) is 5.32 Å². The fraction of sp³-hybridized carbons (Fsp3) is 0.0909. The fourth-order valence-electron chi connectivity index (χ4n) is 2.84. The van der Waals surface area contributed by atoms with E-state index in [-0.39, 0.29) is 5.91 Å². The number of pyridine rings is 1. The van der Waals surface area contributed by atoms with Crippen LogP contribution in [0.5, 0.6) is 11.5 Å². The molecule has 6 nitrogen and oxygen atoms in total. The van der Waals surface area contributed by atoms with Crippen molar-refractivity contribution in [3.05, 3.63) is 84.1 Å². The Morgan fingerprint density at radius 1 is 1.11 bits per heavy atom. The molecule has 1 aromatic carbocycles. The van der Waals surface area contributed by atoms with Crippen molar-refractivity contribution in [3.8, 4) is 22.9 Å². The number of benzene rings is 1. The first-order valence-corrected chi connectivity index (χ1v) is 8.83. The fourth-order valence-corrected chi connectivity index (χ4v) is 2.84. The first-order valence-electron chi connectivity index (χ1n) is 8.83. The van der Waals surface area contributed by atoms with Gasteiger partial charge in [0.25, 0.3) is 5.91 Å². The predicted octanol–water partition coefficient (Wildman–Crippen LogP) is 5.33. The molecule has 0 spiro atoms. The molecule has 3 heterocycles. The van der Waals surface area contributed by atoms with Gasteiger partial charge in [-0.15, -0.1) is 0 Å². The number of rotatable bonds is 5. The summed E-state index contributed by atoms with van der Waals surface area (Å²) < 4.78 is 11.2. The average Bonchev–Trinajstić information content (AvgIpc) is 3.30. The summed E-state index contributed by atoms with van der Waals surface area (Å²) in [6, 6.07) is 14.6. The Kier molecular flexibility index (Phi) is 4.68. The summed E-state index contributed by atoms with van der Waals surface area (Å²) in [6.45, 7) is 3.84. The van der Waals surface area contributed by atoms with E-state index in [2.05, 4.69) is 15.3 Å². The Labute approximate surface area is 162 Å². The van der Waals surface area contributed by atoms with Gasteiger partial charge in [0.05, 0.1) is 17.7 Å². The molecule has 140 valence electrons. The number of aromatic amines is 1. The minimum Gasteiger partial charge on any atom is -0.459 e. The van der Waals surface area contributed by atoms with E-state index in [0.29, 0.717) is 22.9 Å². The lowest BCUT2D eigenvalue weighted by molar-refractivity contribution is 0.0996. The highest BCUT2D eigenvalue weighted by Crippen LogP contribution is 2.27. The predicted molar refractivity (Wildman–Crippen MR) is 107 cm³/mol. The highest BCUT2D eigenvalue weighted by atomic mass is 16.5. The first kappa shape index (κ1) is 17.6. The number of carbonyl (C=O) groups is 1. The molecule has 1 amide bonds. The molecule has 2 N–H and O–H groups in total. The monoisotopic (exact) mass is 373 g/mol. The quantitative estimate of drug-likeness (QED) is 0.495. The van der Waals surface area contributed by atoms with Crippen LogP contribution in [0.2, 0.25) is 0 Å². The zero-order valence-electron chi connectivity index (χ0n) is 15.5. The van der Waals surface area contributed by atoms with E-state index in [1.807, 2.05) is 44.3 Å². The van der Waals surface area contributed by atoms with Crippen LogP contribution in [0.3, 0.4) is 0 Å². The SMILES string of the molecule is Cc1c[nH]c(-c2cc(Oc3cccc(NC(=O)c4occc4C)c3)ccn2)c1. The first-order chi connectivity index (χ1) is 13.6. The smallest absolute Gasteiger partial charge is 0.291 e. The van der Waals surface area contributed by atoms with Crippen LogP contribution in [0, 0.1) is 13.8 Å². The minimum absolute atomic E-state index is 0.298. The maximum absolute atomic E-state index is 12.3. The maximum Gasteiger partial charge on any atom is 0.291 e. The normalized spacial score (nSPS) is 10.6. The third kappa shape index (κ3) is 3.81. The highest BCUT2D eigenvalue weighted by molar-refractivity contribution is 6.03. The summed E-state index contributed by atoms with van der Waals surface area (Å²) in [5.41, 5.74) is 4.26. The molecule has 0 saturated heterocycles. The molecule has 0 saturated carbocycles. The van der Waals surface area contributed by atoms with Crippen LogP contribution in [-0.2, 0) is 0 Å². The van der Waals surface area contributed by atoms with E-state index < -0.39 is 0 Å². The minimum atomic E-state index is -0.298. The molecule has 4 rings (SSSR count). The van der Waals surface area contributed by atoms with Crippen molar-refractivity contribution in [1.29, 1.82) is 0 Å². The number of nitrogens with one attached hydrogen (secondary N) is 2. The molecule has 6 heteroatoms. The molecule has 0 bridgehead atoms. The zero-order valence-corrected chi connectivity index (χ0v) is 15.5. The van der Waals surface area contributed by atoms with Crippen LogP contribution in [0.1, 0.15) is 21.7 Å². The Balaban J connectivity index is 1.51. The lowest BCUT2D eigenvalue weighted by atomic mass is 10.2. The molecule has 0 radical (unpaired) electrons. The number of ether oxygens (including phenoxy) is 1. The van der Waals surface area contributed by atoms with Gasteiger partial charge >= 0.3 is 0 Å². The number of aromatic nitrogens is 2. The topological polar surface area (TPSA) is 80.1 Å². The van der Waals surface area contributed by atoms with E-state index >= 15 is 0 Å². The van der Waals surface area contributed by atoms with Crippen LogP contribution >= 0.6 is 0 Å². The summed E-state index contributed by atoms with van der Waals surface area (Å²) in [5, 5.41) is 2.82. The molecule has 0 aliphatic rings. The van der Waals surface area contributed by atoms with Crippen LogP contribution in [0.4, 0.5) is 5.69 Å². The maximum atomic E-state index is 12.3.